The third-order valence-electron chi connectivity index (χ3n) is 2.46. The van der Waals surface area contributed by atoms with Gasteiger partial charge in [0, 0.05) is 17.4 Å². The van der Waals surface area contributed by atoms with E-state index < -0.39 is 0 Å². The molecule has 2 nitrogen and oxygen atoms in total. The molecular formula is C13H13ClN2. The Labute approximate surface area is 100 Å². The number of pyridine rings is 1. The van der Waals surface area contributed by atoms with Crippen molar-refractivity contribution in [1.82, 2.24) is 4.98 Å². The van der Waals surface area contributed by atoms with Gasteiger partial charge in [-0.2, -0.15) is 0 Å². The zero-order valence-electron chi connectivity index (χ0n) is 9.02. The first-order chi connectivity index (χ1) is 7.66. The standard InChI is InChI=1S/C13H13ClN2/c1-9-5-11(8-16-7-9)13(15)10-3-2-4-12(14)6-10/h2-8,13H,15H2,1H3. The van der Waals surface area contributed by atoms with E-state index in [2.05, 4.69) is 4.98 Å². The molecule has 0 bridgehead atoms. The molecule has 0 aliphatic heterocycles. The molecule has 0 fully saturated rings. The van der Waals surface area contributed by atoms with E-state index in [0.717, 1.165) is 16.7 Å². The van der Waals surface area contributed by atoms with Gasteiger partial charge in [0.15, 0.2) is 0 Å². The van der Waals surface area contributed by atoms with Crippen LogP contribution in [0.4, 0.5) is 0 Å². The van der Waals surface area contributed by atoms with Crippen molar-refractivity contribution in [2.24, 2.45) is 5.73 Å². The molecule has 2 aromatic rings. The zero-order valence-corrected chi connectivity index (χ0v) is 9.78. The van der Waals surface area contributed by atoms with Gasteiger partial charge in [-0.1, -0.05) is 29.8 Å². The van der Waals surface area contributed by atoms with Crippen LogP contribution in [0.5, 0.6) is 0 Å². The van der Waals surface area contributed by atoms with Crippen LogP contribution in [0.2, 0.25) is 5.02 Å². The van der Waals surface area contributed by atoms with Crippen molar-refractivity contribution in [3.63, 3.8) is 0 Å². The quantitative estimate of drug-likeness (QED) is 0.864. The highest BCUT2D eigenvalue weighted by molar-refractivity contribution is 6.30. The Hall–Kier alpha value is -1.38. The Balaban J connectivity index is 2.35. The summed E-state index contributed by atoms with van der Waals surface area (Å²) in [6.07, 6.45) is 3.60. The van der Waals surface area contributed by atoms with Gasteiger partial charge >= 0.3 is 0 Å². The fraction of sp³-hybridized carbons (Fsp3) is 0.154. The molecule has 0 saturated carbocycles. The average Bonchev–Trinajstić information content (AvgIpc) is 2.28. The first kappa shape index (κ1) is 11.1. The minimum Gasteiger partial charge on any atom is -0.320 e. The number of benzene rings is 1. The van der Waals surface area contributed by atoms with Crippen LogP contribution in [-0.2, 0) is 0 Å². The van der Waals surface area contributed by atoms with Gasteiger partial charge in [-0.25, -0.2) is 0 Å². The molecule has 82 valence electrons. The Morgan fingerprint density at radius 3 is 2.69 bits per heavy atom. The van der Waals surface area contributed by atoms with E-state index in [0.29, 0.717) is 5.02 Å². The molecule has 1 aromatic carbocycles. The maximum absolute atomic E-state index is 6.16. The number of aromatic nitrogens is 1. The lowest BCUT2D eigenvalue weighted by Gasteiger charge is -2.12. The topological polar surface area (TPSA) is 38.9 Å². The third kappa shape index (κ3) is 2.40. The molecule has 2 rings (SSSR count). The van der Waals surface area contributed by atoms with Crippen molar-refractivity contribution < 1.29 is 0 Å². The van der Waals surface area contributed by atoms with E-state index in [1.807, 2.05) is 43.5 Å². The summed E-state index contributed by atoms with van der Waals surface area (Å²) < 4.78 is 0. The van der Waals surface area contributed by atoms with Gasteiger partial charge in [-0.3, -0.25) is 4.98 Å². The maximum Gasteiger partial charge on any atom is 0.0567 e. The summed E-state index contributed by atoms with van der Waals surface area (Å²) in [5.74, 6) is 0. The first-order valence-corrected chi connectivity index (χ1v) is 5.47. The molecule has 0 aliphatic carbocycles. The van der Waals surface area contributed by atoms with Crippen LogP contribution in [0.1, 0.15) is 22.7 Å². The van der Waals surface area contributed by atoms with Crippen molar-refractivity contribution in [1.29, 1.82) is 0 Å². The minimum atomic E-state index is -0.175. The molecule has 0 radical (unpaired) electrons. The lowest BCUT2D eigenvalue weighted by molar-refractivity contribution is 0.860. The molecule has 0 saturated heterocycles. The van der Waals surface area contributed by atoms with Crippen LogP contribution in [0.25, 0.3) is 0 Å². The number of halogens is 1. The van der Waals surface area contributed by atoms with E-state index in [4.69, 9.17) is 17.3 Å². The molecule has 3 heteroatoms. The van der Waals surface area contributed by atoms with Crippen molar-refractivity contribution >= 4 is 11.6 Å². The highest BCUT2D eigenvalue weighted by Crippen LogP contribution is 2.22. The van der Waals surface area contributed by atoms with Crippen LogP contribution in [0.3, 0.4) is 0 Å². The first-order valence-electron chi connectivity index (χ1n) is 5.09. The van der Waals surface area contributed by atoms with Crippen LogP contribution in [0.15, 0.2) is 42.7 Å². The van der Waals surface area contributed by atoms with Gasteiger partial charge in [0.25, 0.3) is 0 Å². The number of hydrogen-bond donors (Lipinski definition) is 1. The van der Waals surface area contributed by atoms with Gasteiger partial charge in [0.05, 0.1) is 6.04 Å². The predicted octanol–water partition coefficient (Wildman–Crippen LogP) is 3.09. The van der Waals surface area contributed by atoms with Gasteiger partial charge in [-0.15, -0.1) is 0 Å². The molecule has 0 amide bonds. The van der Waals surface area contributed by atoms with E-state index in [1.54, 1.807) is 6.20 Å². The Kier molecular flexibility index (Phi) is 3.22. The van der Waals surface area contributed by atoms with Crippen molar-refractivity contribution in [3.05, 3.63) is 64.4 Å². The number of nitrogens with zero attached hydrogens (tertiary/aromatic N) is 1. The molecule has 1 aromatic heterocycles. The summed E-state index contributed by atoms with van der Waals surface area (Å²) in [6, 6.07) is 9.46. The highest BCUT2D eigenvalue weighted by atomic mass is 35.5. The van der Waals surface area contributed by atoms with Crippen LogP contribution >= 0.6 is 11.6 Å². The summed E-state index contributed by atoms with van der Waals surface area (Å²) in [4.78, 5) is 4.14. The zero-order chi connectivity index (χ0) is 11.5. The summed E-state index contributed by atoms with van der Waals surface area (Å²) in [5.41, 5.74) is 9.26. The molecule has 1 heterocycles. The number of aryl methyl sites for hydroxylation is 1. The van der Waals surface area contributed by atoms with E-state index >= 15 is 0 Å². The second-order valence-electron chi connectivity index (χ2n) is 3.83. The number of rotatable bonds is 2. The van der Waals surface area contributed by atoms with Crippen LogP contribution in [-0.4, -0.2) is 4.98 Å². The Morgan fingerprint density at radius 2 is 2.00 bits per heavy atom. The van der Waals surface area contributed by atoms with Crippen LogP contribution in [0, 0.1) is 6.92 Å². The SMILES string of the molecule is Cc1cncc(C(N)c2cccc(Cl)c2)c1. The molecule has 1 unspecified atom stereocenters. The monoisotopic (exact) mass is 232 g/mol. The Bertz CT molecular complexity index is 451. The number of nitrogens with two attached hydrogens (primary N) is 1. The fourth-order valence-electron chi connectivity index (χ4n) is 1.64. The van der Waals surface area contributed by atoms with Crippen molar-refractivity contribution in [3.8, 4) is 0 Å². The molecule has 16 heavy (non-hydrogen) atoms. The molecule has 0 spiro atoms. The summed E-state index contributed by atoms with van der Waals surface area (Å²) in [7, 11) is 0. The normalized spacial score (nSPS) is 12.4. The summed E-state index contributed by atoms with van der Waals surface area (Å²) in [5, 5.41) is 0.702. The second-order valence-corrected chi connectivity index (χ2v) is 4.26. The Morgan fingerprint density at radius 1 is 1.19 bits per heavy atom. The van der Waals surface area contributed by atoms with E-state index in [-0.39, 0.29) is 6.04 Å². The lowest BCUT2D eigenvalue weighted by atomic mass is 10.0. The average molecular weight is 233 g/mol. The third-order valence-corrected chi connectivity index (χ3v) is 2.70. The summed E-state index contributed by atoms with van der Waals surface area (Å²) >= 11 is 5.94. The lowest BCUT2D eigenvalue weighted by Crippen LogP contribution is -2.12. The predicted molar refractivity (Wildman–Crippen MR) is 66.5 cm³/mol. The van der Waals surface area contributed by atoms with Gasteiger partial charge in [0.2, 0.25) is 0 Å². The van der Waals surface area contributed by atoms with Gasteiger partial charge in [0.1, 0.15) is 0 Å². The van der Waals surface area contributed by atoms with Crippen LogP contribution < -0.4 is 5.73 Å². The van der Waals surface area contributed by atoms with Crippen molar-refractivity contribution in [2.75, 3.05) is 0 Å². The summed E-state index contributed by atoms with van der Waals surface area (Å²) in [6.45, 7) is 2.00. The fourth-order valence-corrected chi connectivity index (χ4v) is 1.84. The second kappa shape index (κ2) is 4.64. The molecule has 1 atom stereocenters. The van der Waals surface area contributed by atoms with Crippen molar-refractivity contribution in [2.45, 2.75) is 13.0 Å². The molecule has 0 aliphatic rings. The maximum atomic E-state index is 6.16. The van der Waals surface area contributed by atoms with E-state index in [1.165, 1.54) is 0 Å². The smallest absolute Gasteiger partial charge is 0.0567 e. The largest absolute Gasteiger partial charge is 0.320 e. The van der Waals surface area contributed by atoms with Gasteiger partial charge in [-0.05, 0) is 35.7 Å². The van der Waals surface area contributed by atoms with Gasteiger partial charge < -0.3 is 5.73 Å². The van der Waals surface area contributed by atoms with E-state index in [9.17, 15) is 0 Å². The number of hydrogen-bond acceptors (Lipinski definition) is 2. The molecular weight excluding hydrogens is 220 g/mol. The molecule has 2 N–H and O–H groups in total. The minimum absolute atomic E-state index is 0.175. The highest BCUT2D eigenvalue weighted by Gasteiger charge is 2.09.